The van der Waals surface area contributed by atoms with E-state index in [1.54, 1.807) is 0 Å². The second-order valence-corrected chi connectivity index (χ2v) is 7.56. The van der Waals surface area contributed by atoms with E-state index in [0.29, 0.717) is 17.9 Å². The molecule has 0 amide bonds. The number of hydrogen-bond acceptors (Lipinski definition) is 3. The maximum atomic E-state index is 12.7. The fraction of sp³-hybridized carbons (Fsp3) is 0.500. The zero-order valence-electron chi connectivity index (χ0n) is 14.9. The first-order valence-electron chi connectivity index (χ1n) is 9.64. The third-order valence-corrected chi connectivity index (χ3v) is 5.85. The molecule has 2 aromatic rings. The molecule has 1 aromatic heterocycles. The Labute approximate surface area is 148 Å². The normalized spacial score (nSPS) is 20.1. The van der Waals surface area contributed by atoms with Gasteiger partial charge in [0.25, 0.3) is 0 Å². The Bertz CT molecular complexity index is 830. The van der Waals surface area contributed by atoms with Crippen LogP contribution in [-0.2, 0) is 12.8 Å². The topological polar surface area (TPSA) is 50.4 Å². The van der Waals surface area contributed by atoms with Gasteiger partial charge in [-0.15, -0.1) is 0 Å². The molecule has 25 heavy (non-hydrogen) atoms. The molecule has 0 bridgehead atoms. The van der Waals surface area contributed by atoms with Gasteiger partial charge < -0.3 is 9.52 Å². The summed E-state index contributed by atoms with van der Waals surface area (Å²) >= 11 is 0. The van der Waals surface area contributed by atoms with Gasteiger partial charge in [0.15, 0.2) is 0 Å². The van der Waals surface area contributed by atoms with Gasteiger partial charge in [0.1, 0.15) is 11.5 Å². The Morgan fingerprint density at radius 1 is 1.16 bits per heavy atom. The number of rotatable bonds is 4. The van der Waals surface area contributed by atoms with E-state index in [2.05, 4.69) is 25.1 Å². The van der Waals surface area contributed by atoms with E-state index in [0.717, 1.165) is 49.0 Å². The van der Waals surface area contributed by atoms with Crippen molar-refractivity contribution in [1.82, 2.24) is 0 Å². The third-order valence-electron chi connectivity index (χ3n) is 5.85. The molecule has 1 heterocycles. The molecule has 1 saturated carbocycles. The lowest BCUT2D eigenvalue weighted by Crippen LogP contribution is -2.14. The lowest BCUT2D eigenvalue weighted by Gasteiger charge is -2.17. The largest absolute Gasteiger partial charge is 0.507 e. The molecular weight excluding hydrogens is 312 g/mol. The molecular formula is C22H26O3. The summed E-state index contributed by atoms with van der Waals surface area (Å²) in [5.41, 5.74) is 3.42. The van der Waals surface area contributed by atoms with E-state index in [1.807, 2.05) is 6.07 Å². The molecule has 3 heteroatoms. The first kappa shape index (κ1) is 16.4. The summed E-state index contributed by atoms with van der Waals surface area (Å²) in [5, 5.41) is 10.9. The molecule has 0 saturated heterocycles. The van der Waals surface area contributed by atoms with Crippen LogP contribution in [0.4, 0.5) is 0 Å². The molecule has 0 aliphatic heterocycles. The average molecular weight is 338 g/mol. The van der Waals surface area contributed by atoms with Crippen molar-refractivity contribution < 1.29 is 9.52 Å². The zero-order chi connectivity index (χ0) is 17.4. The molecule has 132 valence electrons. The minimum atomic E-state index is -0.359. The van der Waals surface area contributed by atoms with Crippen LogP contribution in [0.3, 0.4) is 0 Å². The van der Waals surface area contributed by atoms with Crippen LogP contribution < -0.4 is 5.63 Å². The Hall–Kier alpha value is -2.03. The summed E-state index contributed by atoms with van der Waals surface area (Å²) in [6, 6.07) is 8.30. The Morgan fingerprint density at radius 2 is 1.96 bits per heavy atom. The fourth-order valence-corrected chi connectivity index (χ4v) is 4.24. The van der Waals surface area contributed by atoms with Crippen LogP contribution >= 0.6 is 0 Å². The molecule has 0 spiro atoms. The minimum Gasteiger partial charge on any atom is -0.507 e. The van der Waals surface area contributed by atoms with Gasteiger partial charge in [-0.25, -0.2) is 4.79 Å². The van der Waals surface area contributed by atoms with Crippen molar-refractivity contribution in [2.75, 3.05) is 0 Å². The van der Waals surface area contributed by atoms with E-state index in [4.69, 9.17) is 4.42 Å². The molecule has 3 nitrogen and oxygen atoms in total. The molecule has 2 aliphatic rings. The van der Waals surface area contributed by atoms with E-state index in [-0.39, 0.29) is 17.3 Å². The number of hydrogen-bond donors (Lipinski definition) is 1. The monoisotopic (exact) mass is 338 g/mol. The summed E-state index contributed by atoms with van der Waals surface area (Å²) in [4.78, 5) is 12.7. The standard InChI is InChI=1S/C22H26O3/c1-2-14-7-3-6-10-18-20(23)19(22(24)25-21(14)18)13-16-8-4-5-9-17(16)15-11-12-15/h4-5,8-9,14-15,23H,2-3,6-7,10-13H2,1H3. The van der Waals surface area contributed by atoms with Crippen molar-refractivity contribution in [2.45, 2.75) is 70.1 Å². The summed E-state index contributed by atoms with van der Waals surface area (Å²) in [6.45, 7) is 2.12. The van der Waals surface area contributed by atoms with Gasteiger partial charge in [-0.2, -0.15) is 0 Å². The van der Waals surface area contributed by atoms with Crippen molar-refractivity contribution >= 4 is 0 Å². The lowest BCUT2D eigenvalue weighted by atomic mass is 9.93. The molecule has 4 rings (SSSR count). The Morgan fingerprint density at radius 3 is 2.72 bits per heavy atom. The van der Waals surface area contributed by atoms with Crippen LogP contribution in [0.25, 0.3) is 0 Å². The van der Waals surface area contributed by atoms with Gasteiger partial charge in [-0.05, 0) is 55.6 Å². The van der Waals surface area contributed by atoms with Gasteiger partial charge >= 0.3 is 5.63 Å². The van der Waals surface area contributed by atoms with E-state index in [1.165, 1.54) is 18.4 Å². The van der Waals surface area contributed by atoms with Crippen molar-refractivity contribution in [3.63, 3.8) is 0 Å². The van der Waals surface area contributed by atoms with Crippen LogP contribution in [0.1, 0.15) is 85.3 Å². The first-order chi connectivity index (χ1) is 12.2. The third kappa shape index (κ3) is 3.12. The lowest BCUT2D eigenvalue weighted by molar-refractivity contribution is 0.377. The quantitative estimate of drug-likeness (QED) is 0.795. The highest BCUT2D eigenvalue weighted by Gasteiger charge is 2.29. The molecule has 1 aromatic carbocycles. The first-order valence-corrected chi connectivity index (χ1v) is 9.64. The minimum absolute atomic E-state index is 0.192. The molecule has 0 radical (unpaired) electrons. The predicted octanol–water partition coefficient (Wildman–Crippen LogP) is 5.03. The summed E-state index contributed by atoms with van der Waals surface area (Å²) in [7, 11) is 0. The molecule has 1 N–H and O–H groups in total. The highest BCUT2D eigenvalue weighted by Crippen LogP contribution is 2.43. The van der Waals surface area contributed by atoms with E-state index in [9.17, 15) is 9.90 Å². The van der Waals surface area contributed by atoms with Gasteiger partial charge in [-0.1, -0.05) is 37.6 Å². The van der Waals surface area contributed by atoms with Crippen molar-refractivity contribution in [2.24, 2.45) is 0 Å². The average Bonchev–Trinajstić information content (AvgIpc) is 3.46. The molecule has 2 aliphatic carbocycles. The van der Waals surface area contributed by atoms with Crippen LogP contribution in [-0.4, -0.2) is 5.11 Å². The van der Waals surface area contributed by atoms with E-state index >= 15 is 0 Å². The van der Waals surface area contributed by atoms with Gasteiger partial charge in [-0.3, -0.25) is 0 Å². The number of aromatic hydroxyl groups is 1. The van der Waals surface area contributed by atoms with Crippen LogP contribution in [0.15, 0.2) is 33.5 Å². The maximum Gasteiger partial charge on any atom is 0.343 e. The second kappa shape index (κ2) is 6.70. The van der Waals surface area contributed by atoms with E-state index < -0.39 is 0 Å². The predicted molar refractivity (Wildman–Crippen MR) is 98.5 cm³/mol. The van der Waals surface area contributed by atoms with Crippen LogP contribution in [0.5, 0.6) is 5.75 Å². The summed E-state index contributed by atoms with van der Waals surface area (Å²) < 4.78 is 5.77. The summed E-state index contributed by atoms with van der Waals surface area (Å²) in [5.74, 6) is 1.80. The maximum absolute atomic E-state index is 12.7. The van der Waals surface area contributed by atoms with Crippen molar-refractivity contribution in [3.05, 3.63) is 62.7 Å². The second-order valence-electron chi connectivity index (χ2n) is 7.56. The Kier molecular flexibility index (Phi) is 4.41. The van der Waals surface area contributed by atoms with Crippen molar-refractivity contribution in [1.29, 1.82) is 0 Å². The number of fused-ring (bicyclic) bond motifs is 1. The highest BCUT2D eigenvalue weighted by atomic mass is 16.4. The van der Waals surface area contributed by atoms with Crippen LogP contribution in [0, 0.1) is 0 Å². The van der Waals surface area contributed by atoms with Gasteiger partial charge in [0, 0.05) is 17.9 Å². The molecule has 1 unspecified atom stereocenters. The van der Waals surface area contributed by atoms with Gasteiger partial charge in [0.05, 0.1) is 5.56 Å². The van der Waals surface area contributed by atoms with Crippen molar-refractivity contribution in [3.8, 4) is 5.75 Å². The smallest absolute Gasteiger partial charge is 0.343 e. The number of benzene rings is 1. The van der Waals surface area contributed by atoms with Gasteiger partial charge in [0.2, 0.25) is 0 Å². The van der Waals surface area contributed by atoms with Crippen LogP contribution in [0.2, 0.25) is 0 Å². The zero-order valence-corrected chi connectivity index (χ0v) is 14.9. The molecule has 1 atom stereocenters. The SMILES string of the molecule is CCC1CCCCc2c1oc(=O)c(Cc1ccccc1C1CC1)c2O. The highest BCUT2D eigenvalue weighted by molar-refractivity contribution is 5.46. The Balaban J connectivity index is 1.76. The summed E-state index contributed by atoms with van der Waals surface area (Å²) in [6.07, 6.45) is 7.86. The fourth-order valence-electron chi connectivity index (χ4n) is 4.24. The molecule has 1 fully saturated rings.